The molecule has 2 atom stereocenters. The number of hydrogen-bond acceptors (Lipinski definition) is 3. The van der Waals surface area contributed by atoms with Gasteiger partial charge < -0.3 is 15.4 Å². The van der Waals surface area contributed by atoms with Gasteiger partial charge in [0.25, 0.3) is 0 Å². The van der Waals surface area contributed by atoms with Crippen molar-refractivity contribution < 1.29 is 9.53 Å². The second-order valence-corrected chi connectivity index (χ2v) is 5.04. The molecule has 2 rings (SSSR count). The van der Waals surface area contributed by atoms with E-state index in [1.807, 2.05) is 30.3 Å². The van der Waals surface area contributed by atoms with Crippen LogP contribution in [-0.4, -0.2) is 31.1 Å². The number of carbonyl (C=O) groups excluding carboxylic acids is 1. The minimum atomic E-state index is -0.0310. The van der Waals surface area contributed by atoms with E-state index >= 15 is 0 Å². The first-order valence-electron chi connectivity index (χ1n) is 6.90. The van der Waals surface area contributed by atoms with Crippen molar-refractivity contribution in [1.82, 2.24) is 10.6 Å². The third-order valence-corrected chi connectivity index (χ3v) is 3.45. The van der Waals surface area contributed by atoms with Crippen molar-refractivity contribution in [2.75, 3.05) is 13.2 Å². The number of amides is 1. The molecule has 0 spiro atoms. The maximum Gasteiger partial charge on any atom is 0.246 e. The summed E-state index contributed by atoms with van der Waals surface area (Å²) in [5.74, 6) is -0.0310. The predicted molar refractivity (Wildman–Crippen MR) is 74.7 cm³/mol. The smallest absolute Gasteiger partial charge is 0.246 e. The van der Waals surface area contributed by atoms with Crippen LogP contribution in [0, 0.1) is 0 Å². The molecule has 4 nitrogen and oxygen atoms in total. The van der Waals surface area contributed by atoms with E-state index in [1.54, 1.807) is 0 Å². The molecule has 19 heavy (non-hydrogen) atoms. The van der Waals surface area contributed by atoms with Crippen LogP contribution >= 0.6 is 0 Å². The van der Waals surface area contributed by atoms with Crippen molar-refractivity contribution in [3.63, 3.8) is 0 Å². The molecule has 4 heteroatoms. The first-order valence-corrected chi connectivity index (χ1v) is 6.90. The molecule has 2 N–H and O–H groups in total. The van der Waals surface area contributed by atoms with Crippen molar-refractivity contribution in [3.8, 4) is 0 Å². The third-order valence-electron chi connectivity index (χ3n) is 3.45. The Labute approximate surface area is 114 Å². The molecular weight excluding hydrogens is 240 g/mol. The summed E-state index contributed by atoms with van der Waals surface area (Å²) < 4.78 is 5.43. The Morgan fingerprint density at radius 1 is 1.42 bits per heavy atom. The van der Waals surface area contributed by atoms with E-state index in [-0.39, 0.29) is 18.6 Å². The van der Waals surface area contributed by atoms with Gasteiger partial charge in [0, 0.05) is 12.1 Å². The topological polar surface area (TPSA) is 50.4 Å². The monoisotopic (exact) mass is 262 g/mol. The van der Waals surface area contributed by atoms with Crippen molar-refractivity contribution in [2.45, 2.75) is 38.5 Å². The van der Waals surface area contributed by atoms with E-state index < -0.39 is 0 Å². The van der Waals surface area contributed by atoms with Crippen LogP contribution in [0.5, 0.6) is 0 Å². The summed E-state index contributed by atoms with van der Waals surface area (Å²) in [7, 11) is 0. The Balaban J connectivity index is 1.67. The Morgan fingerprint density at radius 2 is 2.21 bits per heavy atom. The van der Waals surface area contributed by atoms with Crippen molar-refractivity contribution in [1.29, 1.82) is 0 Å². The lowest BCUT2D eigenvalue weighted by molar-refractivity contribution is -0.127. The zero-order chi connectivity index (χ0) is 13.5. The van der Waals surface area contributed by atoms with Crippen LogP contribution < -0.4 is 10.6 Å². The lowest BCUT2D eigenvalue weighted by atomic mass is 10.00. The molecule has 104 valence electrons. The summed E-state index contributed by atoms with van der Waals surface area (Å²) in [5, 5.41) is 6.39. The molecule has 1 aromatic rings. The van der Waals surface area contributed by atoms with Gasteiger partial charge in [0.2, 0.25) is 5.91 Å². The molecule has 1 heterocycles. The fourth-order valence-electron chi connectivity index (χ4n) is 2.33. The maximum atomic E-state index is 11.8. The van der Waals surface area contributed by atoms with Gasteiger partial charge in [0.1, 0.15) is 6.61 Å². The fourth-order valence-corrected chi connectivity index (χ4v) is 2.33. The van der Waals surface area contributed by atoms with Gasteiger partial charge in [-0.05, 0) is 31.9 Å². The normalized spacial score (nSPS) is 23.0. The number of benzene rings is 1. The van der Waals surface area contributed by atoms with E-state index in [4.69, 9.17) is 4.74 Å². The molecule has 1 aromatic carbocycles. The van der Waals surface area contributed by atoms with E-state index in [2.05, 4.69) is 17.6 Å². The number of ether oxygens (including phenoxy) is 1. The fraction of sp³-hybridized carbons (Fsp3) is 0.533. The molecule has 0 bridgehead atoms. The highest BCUT2D eigenvalue weighted by molar-refractivity contribution is 5.77. The van der Waals surface area contributed by atoms with Crippen molar-refractivity contribution in [3.05, 3.63) is 35.9 Å². The SMILES string of the molecule is CC1NCCCC1NC(=O)COCc1ccccc1. The minimum absolute atomic E-state index is 0.0310. The van der Waals surface area contributed by atoms with Gasteiger partial charge >= 0.3 is 0 Å². The second-order valence-electron chi connectivity index (χ2n) is 5.04. The molecule has 0 saturated carbocycles. The summed E-state index contributed by atoms with van der Waals surface area (Å²) in [4.78, 5) is 11.8. The number of rotatable bonds is 5. The number of carbonyl (C=O) groups is 1. The van der Waals surface area contributed by atoms with Crippen LogP contribution in [-0.2, 0) is 16.1 Å². The predicted octanol–water partition coefficient (Wildman–Crippen LogP) is 1.46. The zero-order valence-electron chi connectivity index (χ0n) is 11.4. The largest absolute Gasteiger partial charge is 0.367 e. The van der Waals surface area contributed by atoms with Gasteiger partial charge in [-0.2, -0.15) is 0 Å². The molecule has 2 unspecified atom stereocenters. The summed E-state index contributed by atoms with van der Waals surface area (Å²) in [6.07, 6.45) is 2.15. The van der Waals surface area contributed by atoms with E-state index in [0.29, 0.717) is 12.6 Å². The Bertz CT molecular complexity index is 394. The first-order chi connectivity index (χ1) is 9.25. The average molecular weight is 262 g/mol. The zero-order valence-corrected chi connectivity index (χ0v) is 11.4. The first kappa shape index (κ1) is 14.0. The Kier molecular flexibility index (Phi) is 5.36. The molecule has 1 fully saturated rings. The van der Waals surface area contributed by atoms with Crippen molar-refractivity contribution in [2.24, 2.45) is 0 Å². The summed E-state index contributed by atoms with van der Waals surface area (Å²) in [5.41, 5.74) is 1.09. The third kappa shape index (κ3) is 4.65. The molecule has 1 aliphatic rings. The number of nitrogens with one attached hydrogen (secondary N) is 2. The highest BCUT2D eigenvalue weighted by Gasteiger charge is 2.22. The van der Waals surface area contributed by atoms with E-state index in [9.17, 15) is 4.79 Å². The average Bonchev–Trinajstić information content (AvgIpc) is 2.43. The summed E-state index contributed by atoms with van der Waals surface area (Å²) in [6.45, 7) is 3.75. The lowest BCUT2D eigenvalue weighted by Crippen LogP contribution is -2.52. The van der Waals surface area contributed by atoms with E-state index in [1.165, 1.54) is 0 Å². The highest BCUT2D eigenvalue weighted by atomic mass is 16.5. The number of hydrogen-bond donors (Lipinski definition) is 2. The van der Waals surface area contributed by atoms with Gasteiger partial charge in [0.15, 0.2) is 0 Å². The molecule has 0 aliphatic carbocycles. The van der Waals surface area contributed by atoms with Crippen LogP contribution in [0.2, 0.25) is 0 Å². The van der Waals surface area contributed by atoms with Gasteiger partial charge in [-0.1, -0.05) is 30.3 Å². The van der Waals surface area contributed by atoms with Gasteiger partial charge in [0.05, 0.1) is 6.61 Å². The molecule has 0 aromatic heterocycles. The summed E-state index contributed by atoms with van der Waals surface area (Å²) >= 11 is 0. The van der Waals surface area contributed by atoms with Crippen molar-refractivity contribution >= 4 is 5.91 Å². The van der Waals surface area contributed by atoms with Gasteiger partial charge in [-0.25, -0.2) is 0 Å². The standard InChI is InChI=1S/C15H22N2O2/c1-12-14(8-5-9-16-12)17-15(18)11-19-10-13-6-3-2-4-7-13/h2-4,6-7,12,14,16H,5,8-11H2,1H3,(H,17,18). The summed E-state index contributed by atoms with van der Waals surface area (Å²) in [6, 6.07) is 10.4. The van der Waals surface area contributed by atoms with E-state index in [0.717, 1.165) is 24.9 Å². The van der Waals surface area contributed by atoms with Gasteiger partial charge in [-0.3, -0.25) is 4.79 Å². The molecule has 1 amide bonds. The second kappa shape index (κ2) is 7.26. The Morgan fingerprint density at radius 3 is 2.95 bits per heavy atom. The Hall–Kier alpha value is -1.39. The number of piperidine rings is 1. The minimum Gasteiger partial charge on any atom is -0.367 e. The maximum absolute atomic E-state index is 11.8. The molecule has 1 aliphatic heterocycles. The van der Waals surface area contributed by atoms with Crippen LogP contribution in [0.3, 0.4) is 0 Å². The lowest BCUT2D eigenvalue weighted by Gasteiger charge is -2.30. The van der Waals surface area contributed by atoms with Crippen LogP contribution in [0.15, 0.2) is 30.3 Å². The molecule has 0 radical (unpaired) electrons. The van der Waals surface area contributed by atoms with Crippen LogP contribution in [0.25, 0.3) is 0 Å². The van der Waals surface area contributed by atoms with Crippen LogP contribution in [0.4, 0.5) is 0 Å². The van der Waals surface area contributed by atoms with Crippen LogP contribution in [0.1, 0.15) is 25.3 Å². The van der Waals surface area contributed by atoms with Gasteiger partial charge in [-0.15, -0.1) is 0 Å². The molecular formula is C15H22N2O2. The quantitative estimate of drug-likeness (QED) is 0.844. The highest BCUT2D eigenvalue weighted by Crippen LogP contribution is 2.08. The molecule has 1 saturated heterocycles.